The lowest BCUT2D eigenvalue weighted by atomic mass is 9.96. The van der Waals surface area contributed by atoms with Crippen LogP contribution in [-0.2, 0) is 16.1 Å². The van der Waals surface area contributed by atoms with Crippen molar-refractivity contribution < 1.29 is 23.7 Å². The molecule has 230 valence electrons. The minimum Gasteiger partial charge on any atom is -0.494 e. The van der Waals surface area contributed by atoms with Gasteiger partial charge in [-0.2, -0.15) is 5.26 Å². The van der Waals surface area contributed by atoms with Crippen LogP contribution in [0.25, 0.3) is 6.08 Å². The molecule has 0 amide bonds. The van der Waals surface area contributed by atoms with Gasteiger partial charge in [0.05, 0.1) is 53.3 Å². The SMILES string of the molecule is CCOc1ccc([C@@H]2C(C(=O)OC(C)C)=C(C)N=c3s/c(=C/c4ccc(OCc5ccccc5C#N)c(OC)c4)c(=O)n32)cc1. The van der Waals surface area contributed by atoms with E-state index in [4.69, 9.17) is 18.9 Å². The molecule has 0 radical (unpaired) electrons. The Labute approximate surface area is 264 Å². The summed E-state index contributed by atoms with van der Waals surface area (Å²) in [6.45, 7) is 7.95. The van der Waals surface area contributed by atoms with Gasteiger partial charge >= 0.3 is 5.97 Å². The molecule has 2 heterocycles. The molecule has 1 aliphatic heterocycles. The predicted molar refractivity (Wildman–Crippen MR) is 171 cm³/mol. The van der Waals surface area contributed by atoms with Crippen LogP contribution in [0.15, 0.2) is 87.8 Å². The van der Waals surface area contributed by atoms with Crippen LogP contribution in [0.3, 0.4) is 0 Å². The van der Waals surface area contributed by atoms with Crippen LogP contribution in [-0.4, -0.2) is 30.4 Å². The number of rotatable bonds is 10. The fourth-order valence-corrected chi connectivity index (χ4v) is 6.09. The van der Waals surface area contributed by atoms with Gasteiger partial charge in [-0.05, 0) is 75.2 Å². The smallest absolute Gasteiger partial charge is 0.338 e. The van der Waals surface area contributed by atoms with Crippen LogP contribution < -0.4 is 29.1 Å². The first-order chi connectivity index (χ1) is 21.7. The first-order valence-corrected chi connectivity index (χ1v) is 15.3. The quantitative estimate of drug-likeness (QED) is 0.228. The number of methoxy groups -OCH3 is 1. The number of carbonyl (C=O) groups excluding carboxylic acids is 1. The van der Waals surface area contributed by atoms with Crippen molar-refractivity contribution in [1.29, 1.82) is 5.26 Å². The Morgan fingerprint density at radius 1 is 1.09 bits per heavy atom. The molecule has 1 aliphatic rings. The predicted octanol–water partition coefficient (Wildman–Crippen LogP) is 5.04. The van der Waals surface area contributed by atoms with Gasteiger partial charge in [-0.1, -0.05) is 47.7 Å². The zero-order valence-electron chi connectivity index (χ0n) is 25.7. The Morgan fingerprint density at radius 2 is 1.84 bits per heavy atom. The number of carbonyl (C=O) groups is 1. The molecule has 9 nitrogen and oxygen atoms in total. The van der Waals surface area contributed by atoms with Crippen LogP contribution >= 0.6 is 11.3 Å². The monoisotopic (exact) mass is 623 g/mol. The maximum Gasteiger partial charge on any atom is 0.338 e. The van der Waals surface area contributed by atoms with Gasteiger partial charge in [0, 0.05) is 5.56 Å². The van der Waals surface area contributed by atoms with Gasteiger partial charge in [0.1, 0.15) is 12.4 Å². The van der Waals surface area contributed by atoms with Crippen molar-refractivity contribution in [2.24, 2.45) is 4.99 Å². The summed E-state index contributed by atoms with van der Waals surface area (Å²) in [5.41, 5.74) is 3.28. The molecule has 4 aromatic rings. The molecule has 1 atom stereocenters. The van der Waals surface area contributed by atoms with Gasteiger partial charge in [-0.15, -0.1) is 0 Å². The van der Waals surface area contributed by atoms with E-state index in [1.165, 1.54) is 11.3 Å². The summed E-state index contributed by atoms with van der Waals surface area (Å²) in [4.78, 5) is 32.5. The second kappa shape index (κ2) is 13.7. The van der Waals surface area contributed by atoms with E-state index in [0.29, 0.717) is 50.0 Å². The van der Waals surface area contributed by atoms with E-state index in [1.54, 1.807) is 62.8 Å². The number of hydrogen-bond acceptors (Lipinski definition) is 9. The zero-order chi connectivity index (χ0) is 32.1. The first kappa shape index (κ1) is 31.3. The molecule has 0 saturated carbocycles. The van der Waals surface area contributed by atoms with Gasteiger partial charge < -0.3 is 18.9 Å². The Morgan fingerprint density at radius 3 is 2.53 bits per heavy atom. The summed E-state index contributed by atoms with van der Waals surface area (Å²) in [6.07, 6.45) is 1.42. The lowest BCUT2D eigenvalue weighted by Gasteiger charge is -2.25. The Kier molecular flexibility index (Phi) is 9.50. The minimum atomic E-state index is -0.730. The lowest BCUT2D eigenvalue weighted by molar-refractivity contribution is -0.143. The van der Waals surface area contributed by atoms with E-state index in [9.17, 15) is 14.9 Å². The van der Waals surface area contributed by atoms with Gasteiger partial charge in [0.25, 0.3) is 5.56 Å². The summed E-state index contributed by atoms with van der Waals surface area (Å²) in [6, 6.07) is 21.4. The van der Waals surface area contributed by atoms with Crippen molar-refractivity contribution in [2.45, 2.75) is 46.4 Å². The van der Waals surface area contributed by atoms with Crippen molar-refractivity contribution in [2.75, 3.05) is 13.7 Å². The average Bonchev–Trinajstić information content (AvgIpc) is 3.33. The van der Waals surface area contributed by atoms with Crippen molar-refractivity contribution >= 4 is 23.4 Å². The summed E-state index contributed by atoms with van der Waals surface area (Å²) >= 11 is 1.24. The van der Waals surface area contributed by atoms with E-state index >= 15 is 0 Å². The Bertz CT molecular complexity index is 1980. The number of thiazole rings is 1. The second-order valence-electron chi connectivity index (χ2n) is 10.5. The molecule has 0 fully saturated rings. The van der Waals surface area contributed by atoms with Gasteiger partial charge in [0.15, 0.2) is 16.3 Å². The van der Waals surface area contributed by atoms with E-state index in [-0.39, 0.29) is 18.3 Å². The highest BCUT2D eigenvalue weighted by molar-refractivity contribution is 7.07. The Hall–Kier alpha value is -5.14. The molecule has 0 unspecified atom stereocenters. The summed E-state index contributed by atoms with van der Waals surface area (Å²) in [5, 5.41) is 9.38. The van der Waals surface area contributed by atoms with Crippen LogP contribution in [0.5, 0.6) is 17.2 Å². The number of nitriles is 1. The maximum atomic E-state index is 14.0. The van der Waals surface area contributed by atoms with E-state index in [2.05, 4.69) is 11.1 Å². The molecule has 0 aliphatic carbocycles. The number of fused-ring (bicyclic) bond motifs is 1. The van der Waals surface area contributed by atoms with E-state index in [1.807, 2.05) is 49.4 Å². The van der Waals surface area contributed by atoms with Gasteiger partial charge in [-0.25, -0.2) is 9.79 Å². The molecule has 0 bridgehead atoms. The zero-order valence-corrected chi connectivity index (χ0v) is 26.5. The number of hydrogen-bond donors (Lipinski definition) is 0. The minimum absolute atomic E-state index is 0.199. The highest BCUT2D eigenvalue weighted by atomic mass is 32.1. The molecule has 0 N–H and O–H groups in total. The molecule has 10 heteroatoms. The second-order valence-corrected chi connectivity index (χ2v) is 11.5. The number of allylic oxidation sites excluding steroid dienone is 1. The third-order valence-electron chi connectivity index (χ3n) is 7.10. The number of ether oxygens (including phenoxy) is 4. The summed E-state index contributed by atoms with van der Waals surface area (Å²) in [7, 11) is 1.54. The van der Waals surface area contributed by atoms with E-state index in [0.717, 1.165) is 16.7 Å². The average molecular weight is 624 g/mol. The van der Waals surface area contributed by atoms with Crippen LogP contribution in [0.2, 0.25) is 0 Å². The highest BCUT2D eigenvalue weighted by Gasteiger charge is 2.33. The van der Waals surface area contributed by atoms with Crippen LogP contribution in [0, 0.1) is 11.3 Å². The summed E-state index contributed by atoms with van der Waals surface area (Å²) in [5.74, 6) is 1.16. The Balaban J connectivity index is 1.54. The van der Waals surface area contributed by atoms with Crippen LogP contribution in [0.4, 0.5) is 0 Å². The van der Waals surface area contributed by atoms with Crippen molar-refractivity contribution in [3.63, 3.8) is 0 Å². The molecule has 45 heavy (non-hydrogen) atoms. The maximum absolute atomic E-state index is 14.0. The van der Waals surface area contributed by atoms with Crippen LogP contribution in [0.1, 0.15) is 56.0 Å². The number of aromatic nitrogens is 1. The van der Waals surface area contributed by atoms with Gasteiger partial charge in [-0.3, -0.25) is 9.36 Å². The largest absolute Gasteiger partial charge is 0.494 e. The molecule has 0 spiro atoms. The fourth-order valence-electron chi connectivity index (χ4n) is 5.04. The first-order valence-electron chi connectivity index (χ1n) is 14.5. The summed E-state index contributed by atoms with van der Waals surface area (Å²) < 4.78 is 24.8. The molecular weight excluding hydrogens is 590 g/mol. The number of benzene rings is 3. The number of esters is 1. The lowest BCUT2D eigenvalue weighted by Crippen LogP contribution is -2.40. The standard InChI is InChI=1S/C35H33N3O6S/c1-6-42-27-14-12-24(13-15-27)32-31(34(40)44-21(2)3)22(4)37-35-38(32)33(39)30(45-35)18-23-11-16-28(29(17-23)41-5)43-20-26-10-8-7-9-25(26)19-36/h7-18,21,32H,6,20H2,1-5H3/b30-18+/t32-/m1/s1. The van der Waals surface area contributed by atoms with Gasteiger partial charge in [0.2, 0.25) is 0 Å². The van der Waals surface area contributed by atoms with Crippen molar-refractivity contribution in [1.82, 2.24) is 4.57 Å². The normalized spacial score (nSPS) is 14.4. The van der Waals surface area contributed by atoms with Crippen molar-refractivity contribution in [3.8, 4) is 23.3 Å². The van der Waals surface area contributed by atoms with E-state index < -0.39 is 12.0 Å². The third-order valence-corrected chi connectivity index (χ3v) is 8.08. The molecular formula is C35H33N3O6S. The molecule has 5 rings (SSSR count). The molecule has 1 aromatic heterocycles. The number of nitrogens with zero attached hydrogens (tertiary/aromatic N) is 3. The highest BCUT2D eigenvalue weighted by Crippen LogP contribution is 2.32. The topological polar surface area (TPSA) is 112 Å². The fraction of sp³-hybridized carbons (Fsp3) is 0.257. The third kappa shape index (κ3) is 6.69. The molecule has 0 saturated heterocycles. The van der Waals surface area contributed by atoms with Crippen molar-refractivity contribution in [3.05, 3.63) is 120 Å². The molecule has 3 aromatic carbocycles.